The van der Waals surface area contributed by atoms with Crippen molar-refractivity contribution in [2.45, 2.75) is 6.42 Å². The Kier molecular flexibility index (Phi) is 3.87. The Bertz CT molecular complexity index is 868. The van der Waals surface area contributed by atoms with Gasteiger partial charge in [0, 0.05) is 30.7 Å². The molecule has 0 atom stereocenters. The molecule has 3 aromatic rings. The highest BCUT2D eigenvalue weighted by atomic mass is 32.1. The summed E-state index contributed by atoms with van der Waals surface area (Å²) in [5.74, 6) is -1.56. The van der Waals surface area contributed by atoms with Gasteiger partial charge in [-0.05, 0) is 17.7 Å². The topological polar surface area (TPSA) is 75.4 Å². The van der Waals surface area contributed by atoms with Crippen LogP contribution in [0, 0.1) is 5.82 Å². The summed E-state index contributed by atoms with van der Waals surface area (Å²) in [4.78, 5) is 17.3. The van der Waals surface area contributed by atoms with E-state index >= 15 is 0 Å². The Balaban J connectivity index is 1.82. The molecule has 2 N–H and O–H groups in total. The SMILES string of the molecule is Cn1cc(C(=O)c2ncc(Cc3ccc(F)cc3)s2)c(O)c1O. The first-order valence-corrected chi connectivity index (χ1v) is 7.58. The van der Waals surface area contributed by atoms with Gasteiger partial charge in [0.1, 0.15) is 5.82 Å². The number of hydrogen-bond donors (Lipinski definition) is 2. The molecule has 0 aliphatic rings. The Morgan fingerprint density at radius 3 is 2.61 bits per heavy atom. The molecular weight excluding hydrogens is 319 g/mol. The number of rotatable bonds is 4. The fraction of sp³-hybridized carbons (Fsp3) is 0.125. The van der Waals surface area contributed by atoms with Crippen LogP contribution in [0.5, 0.6) is 11.6 Å². The second kappa shape index (κ2) is 5.85. The number of ketones is 1. The largest absolute Gasteiger partial charge is 0.503 e. The summed E-state index contributed by atoms with van der Waals surface area (Å²) in [5, 5.41) is 19.6. The van der Waals surface area contributed by atoms with Crippen LogP contribution >= 0.6 is 11.3 Å². The minimum atomic E-state index is -0.451. The smallest absolute Gasteiger partial charge is 0.235 e. The monoisotopic (exact) mass is 332 g/mol. The first-order valence-electron chi connectivity index (χ1n) is 6.77. The van der Waals surface area contributed by atoms with E-state index in [1.54, 1.807) is 18.3 Å². The minimum absolute atomic E-state index is 0.00711. The van der Waals surface area contributed by atoms with Crippen molar-refractivity contribution in [1.82, 2.24) is 9.55 Å². The average molecular weight is 332 g/mol. The number of hydrogen-bond acceptors (Lipinski definition) is 5. The van der Waals surface area contributed by atoms with Gasteiger partial charge in [0.05, 0.1) is 5.56 Å². The fourth-order valence-electron chi connectivity index (χ4n) is 2.18. The molecule has 0 amide bonds. The van der Waals surface area contributed by atoms with Crippen LogP contribution in [0.2, 0.25) is 0 Å². The number of aromatic nitrogens is 2. The molecule has 0 saturated heterocycles. The highest BCUT2D eigenvalue weighted by Gasteiger charge is 2.22. The Morgan fingerprint density at radius 2 is 2.00 bits per heavy atom. The first kappa shape index (κ1) is 15.2. The Labute approximate surface area is 135 Å². The maximum Gasteiger partial charge on any atom is 0.235 e. The van der Waals surface area contributed by atoms with E-state index in [-0.39, 0.29) is 22.3 Å². The van der Waals surface area contributed by atoms with E-state index in [2.05, 4.69) is 4.98 Å². The zero-order chi connectivity index (χ0) is 16.6. The van der Waals surface area contributed by atoms with E-state index in [4.69, 9.17) is 0 Å². The zero-order valence-electron chi connectivity index (χ0n) is 12.2. The van der Waals surface area contributed by atoms with Crippen LogP contribution in [0.25, 0.3) is 0 Å². The van der Waals surface area contributed by atoms with Crippen LogP contribution in [-0.4, -0.2) is 25.5 Å². The lowest BCUT2D eigenvalue weighted by Crippen LogP contribution is -1.99. The number of carbonyl (C=O) groups excluding carboxylic acids is 1. The van der Waals surface area contributed by atoms with Crippen molar-refractivity contribution in [2.24, 2.45) is 7.05 Å². The number of halogens is 1. The minimum Gasteiger partial charge on any atom is -0.503 e. The quantitative estimate of drug-likeness (QED) is 0.721. The highest BCUT2D eigenvalue weighted by Crippen LogP contribution is 2.32. The van der Waals surface area contributed by atoms with E-state index < -0.39 is 11.5 Å². The van der Waals surface area contributed by atoms with Crippen molar-refractivity contribution in [3.8, 4) is 11.6 Å². The number of nitrogens with zero attached hydrogens (tertiary/aromatic N) is 2. The van der Waals surface area contributed by atoms with Crippen LogP contribution in [-0.2, 0) is 13.5 Å². The molecule has 7 heteroatoms. The molecule has 0 spiro atoms. The normalized spacial score (nSPS) is 10.9. The van der Waals surface area contributed by atoms with E-state index in [1.165, 1.54) is 41.3 Å². The second-order valence-electron chi connectivity index (χ2n) is 5.09. The van der Waals surface area contributed by atoms with Crippen molar-refractivity contribution >= 4 is 17.1 Å². The molecule has 0 saturated carbocycles. The fourth-order valence-corrected chi connectivity index (χ4v) is 3.08. The molecule has 2 heterocycles. The number of aromatic hydroxyl groups is 2. The summed E-state index contributed by atoms with van der Waals surface area (Å²) in [6.07, 6.45) is 3.48. The van der Waals surface area contributed by atoms with Gasteiger partial charge in [0.25, 0.3) is 0 Å². The van der Waals surface area contributed by atoms with Crippen LogP contribution in [0.15, 0.2) is 36.7 Å². The Hall–Kier alpha value is -2.67. The van der Waals surface area contributed by atoms with E-state index in [0.717, 1.165) is 10.4 Å². The molecule has 0 bridgehead atoms. The summed E-state index contributed by atoms with van der Waals surface area (Å²) < 4.78 is 14.2. The van der Waals surface area contributed by atoms with Gasteiger partial charge in [-0.25, -0.2) is 9.37 Å². The summed E-state index contributed by atoms with van der Waals surface area (Å²) in [7, 11) is 1.52. The molecule has 0 aliphatic carbocycles. The van der Waals surface area contributed by atoms with Crippen molar-refractivity contribution in [1.29, 1.82) is 0 Å². The van der Waals surface area contributed by atoms with Gasteiger partial charge in [-0.2, -0.15) is 0 Å². The Morgan fingerprint density at radius 1 is 1.30 bits per heavy atom. The van der Waals surface area contributed by atoms with E-state index in [1.807, 2.05) is 0 Å². The van der Waals surface area contributed by atoms with Gasteiger partial charge in [-0.1, -0.05) is 12.1 Å². The van der Waals surface area contributed by atoms with Gasteiger partial charge >= 0.3 is 0 Å². The molecule has 118 valence electrons. The number of thiazole rings is 1. The molecule has 3 rings (SSSR count). The first-order chi connectivity index (χ1) is 11.0. The summed E-state index contributed by atoms with van der Waals surface area (Å²) in [6, 6.07) is 6.12. The predicted molar refractivity (Wildman–Crippen MR) is 83.5 cm³/mol. The summed E-state index contributed by atoms with van der Waals surface area (Å²) >= 11 is 1.20. The standard InChI is InChI=1S/C16H13FN2O3S/c1-19-8-12(14(21)16(19)22)13(20)15-18-7-11(23-15)6-9-2-4-10(17)5-3-9/h2-5,7-8,21-22H,6H2,1H3. The van der Waals surface area contributed by atoms with Crippen LogP contribution in [0.4, 0.5) is 4.39 Å². The highest BCUT2D eigenvalue weighted by molar-refractivity contribution is 7.13. The third kappa shape index (κ3) is 2.95. The van der Waals surface area contributed by atoms with E-state index in [9.17, 15) is 19.4 Å². The van der Waals surface area contributed by atoms with Gasteiger partial charge in [-0.15, -0.1) is 11.3 Å². The number of aryl methyl sites for hydroxylation is 1. The van der Waals surface area contributed by atoms with Gasteiger partial charge in [0.2, 0.25) is 11.7 Å². The molecule has 0 fully saturated rings. The maximum absolute atomic E-state index is 12.9. The van der Waals surface area contributed by atoms with E-state index in [0.29, 0.717) is 6.42 Å². The zero-order valence-corrected chi connectivity index (χ0v) is 13.0. The number of benzene rings is 1. The van der Waals surface area contributed by atoms with Crippen molar-refractivity contribution in [3.63, 3.8) is 0 Å². The summed E-state index contributed by atoms with van der Waals surface area (Å²) in [5.41, 5.74) is 0.918. The number of carbonyl (C=O) groups is 1. The van der Waals surface area contributed by atoms with Crippen LogP contribution in [0.1, 0.15) is 25.8 Å². The van der Waals surface area contributed by atoms with Gasteiger partial charge in [0.15, 0.2) is 10.8 Å². The molecule has 5 nitrogen and oxygen atoms in total. The van der Waals surface area contributed by atoms with Gasteiger partial charge in [-0.3, -0.25) is 4.79 Å². The predicted octanol–water partition coefficient (Wildman–Crippen LogP) is 2.85. The summed E-state index contributed by atoms with van der Waals surface area (Å²) in [6.45, 7) is 0. The molecule has 0 aliphatic heterocycles. The van der Waals surface area contributed by atoms with Gasteiger partial charge < -0.3 is 14.8 Å². The lowest BCUT2D eigenvalue weighted by atomic mass is 10.1. The molecule has 23 heavy (non-hydrogen) atoms. The van der Waals surface area contributed by atoms with Crippen LogP contribution < -0.4 is 0 Å². The van der Waals surface area contributed by atoms with Crippen molar-refractivity contribution in [3.05, 3.63) is 63.5 Å². The maximum atomic E-state index is 12.9. The molecule has 0 unspecified atom stereocenters. The van der Waals surface area contributed by atoms with Crippen LogP contribution in [0.3, 0.4) is 0 Å². The van der Waals surface area contributed by atoms with Crippen molar-refractivity contribution in [2.75, 3.05) is 0 Å². The second-order valence-corrected chi connectivity index (χ2v) is 6.21. The lowest BCUT2D eigenvalue weighted by molar-refractivity contribution is 0.103. The average Bonchev–Trinajstić information content (AvgIpc) is 3.10. The van der Waals surface area contributed by atoms with Crippen molar-refractivity contribution < 1.29 is 19.4 Å². The lowest BCUT2D eigenvalue weighted by Gasteiger charge is -1.97. The third-order valence-electron chi connectivity index (χ3n) is 3.41. The molecule has 0 radical (unpaired) electrons. The molecule has 2 aromatic heterocycles. The molecular formula is C16H13FN2O3S. The third-order valence-corrected chi connectivity index (χ3v) is 4.40. The molecule has 1 aromatic carbocycles.